The van der Waals surface area contributed by atoms with E-state index in [0.29, 0.717) is 0 Å². The maximum absolute atomic E-state index is 14.7. The maximum atomic E-state index is 14.7. The Hall–Kier alpha value is -2.24. The zero-order valence-corrected chi connectivity index (χ0v) is 29.1. The third-order valence-corrected chi connectivity index (χ3v) is 20.8. The van der Waals surface area contributed by atoms with E-state index in [-0.39, 0.29) is 22.3 Å². The van der Waals surface area contributed by atoms with Crippen molar-refractivity contribution < 1.29 is 19.2 Å². The fraction of sp³-hybridized carbons (Fsp3) is 0.125. The molecule has 9 heteroatoms. The summed E-state index contributed by atoms with van der Waals surface area (Å²) < 4.78 is -2.54. The molecule has 0 radical (unpaired) electrons. The molecule has 0 fully saturated rings. The van der Waals surface area contributed by atoms with Crippen LogP contribution in [0.5, 0.6) is 0 Å². The van der Waals surface area contributed by atoms with Gasteiger partial charge in [-0.25, -0.2) is 0 Å². The van der Waals surface area contributed by atoms with E-state index in [1.54, 1.807) is 97.1 Å². The van der Waals surface area contributed by atoms with Crippen LogP contribution in [0.25, 0.3) is 0 Å². The minimum absolute atomic E-state index is 0.204. The first-order valence-corrected chi connectivity index (χ1v) is 23.2. The predicted octanol–water partition coefficient (Wildman–Crippen LogP) is 8.01. The SMILES string of the molecule is CSc1ccc([C](=O)[Sn]([C](=O)c2ccc(SC)cc2)([C](=O)c2ccc(SC)cc2)[C](=O)c2ccc(SC)cc2)cc1. The van der Waals surface area contributed by atoms with Crippen LogP contribution in [0, 0.1) is 0 Å². The molecular formula is C32H28O4S4Sn. The molecule has 0 unspecified atom stereocenters. The Kier molecular flexibility index (Phi) is 11.0. The van der Waals surface area contributed by atoms with Gasteiger partial charge in [-0.2, -0.15) is 0 Å². The summed E-state index contributed by atoms with van der Waals surface area (Å²) >= 11 is 0.0695. The van der Waals surface area contributed by atoms with Crippen LogP contribution in [0.1, 0.15) is 41.4 Å². The molecule has 0 aliphatic heterocycles. The van der Waals surface area contributed by atoms with Gasteiger partial charge in [0.05, 0.1) is 0 Å². The Morgan fingerprint density at radius 3 is 0.683 bits per heavy atom. The van der Waals surface area contributed by atoms with E-state index >= 15 is 0 Å². The van der Waals surface area contributed by atoms with Crippen LogP contribution in [-0.2, 0) is 0 Å². The van der Waals surface area contributed by atoms with Crippen LogP contribution in [0.15, 0.2) is 117 Å². The summed E-state index contributed by atoms with van der Waals surface area (Å²) in [6, 6.07) is 27.2. The normalized spacial score (nSPS) is 11.2. The fourth-order valence-electron chi connectivity index (χ4n) is 4.45. The molecule has 4 rings (SSSR count). The topological polar surface area (TPSA) is 68.3 Å². The summed E-state index contributed by atoms with van der Waals surface area (Å²) in [4.78, 5) is 62.5. The third-order valence-electron chi connectivity index (χ3n) is 6.77. The van der Waals surface area contributed by atoms with E-state index in [4.69, 9.17) is 0 Å². The molecule has 4 nitrogen and oxygen atoms in total. The van der Waals surface area contributed by atoms with E-state index in [1.165, 1.54) is 47.0 Å². The summed E-state index contributed by atoms with van der Waals surface area (Å²) in [6.45, 7) is 0. The molecule has 41 heavy (non-hydrogen) atoms. The van der Waals surface area contributed by atoms with Crippen molar-refractivity contribution in [2.24, 2.45) is 0 Å². The second-order valence-electron chi connectivity index (χ2n) is 8.98. The number of carbonyl (C=O) groups excluding carboxylic acids is 4. The van der Waals surface area contributed by atoms with Gasteiger partial charge in [0.25, 0.3) is 0 Å². The molecule has 0 saturated carbocycles. The van der Waals surface area contributed by atoms with Gasteiger partial charge in [0.15, 0.2) is 0 Å². The van der Waals surface area contributed by atoms with E-state index < -0.39 is 33.6 Å². The average molecular weight is 724 g/mol. The van der Waals surface area contributed by atoms with Crippen LogP contribution in [-0.4, -0.2) is 58.6 Å². The third kappa shape index (κ3) is 6.56. The van der Waals surface area contributed by atoms with Crippen LogP contribution in [0.2, 0.25) is 0 Å². The fourth-order valence-corrected chi connectivity index (χ4v) is 16.5. The second kappa shape index (κ2) is 14.3. The molecule has 0 aliphatic carbocycles. The molecule has 0 aliphatic rings. The number of carbonyl (C=O) groups is 4. The average Bonchev–Trinajstić information content (AvgIpc) is 3.04. The first kappa shape index (κ1) is 31.7. The van der Waals surface area contributed by atoms with E-state index in [9.17, 15) is 19.2 Å². The number of thioether (sulfide) groups is 4. The summed E-state index contributed by atoms with van der Waals surface area (Å²) in [5.41, 5.74) is 0.818. The van der Waals surface area contributed by atoms with E-state index in [2.05, 4.69) is 0 Å². The van der Waals surface area contributed by atoms with Gasteiger partial charge in [0.1, 0.15) is 0 Å². The Morgan fingerprint density at radius 2 is 0.537 bits per heavy atom. The summed E-state index contributed by atoms with van der Waals surface area (Å²) in [5, 5.41) is 0. The molecular weight excluding hydrogens is 695 g/mol. The Balaban J connectivity index is 2.02. The van der Waals surface area contributed by atoms with Crippen molar-refractivity contribution in [3.05, 3.63) is 119 Å². The molecule has 4 aromatic carbocycles. The minimum atomic E-state index is -5.99. The zero-order chi connectivity index (χ0) is 29.6. The molecule has 0 heterocycles. The zero-order valence-electron chi connectivity index (χ0n) is 23.0. The molecule has 0 bridgehead atoms. The Labute approximate surface area is 261 Å². The number of hydrogen-bond donors (Lipinski definition) is 0. The molecule has 208 valence electrons. The summed E-state index contributed by atoms with van der Waals surface area (Å²) in [7, 11) is 0. The van der Waals surface area contributed by atoms with Crippen LogP contribution >= 0.6 is 47.0 Å². The van der Waals surface area contributed by atoms with Gasteiger partial charge in [-0.15, -0.1) is 0 Å². The Morgan fingerprint density at radius 1 is 0.366 bits per heavy atom. The first-order valence-electron chi connectivity index (χ1n) is 12.6. The monoisotopic (exact) mass is 724 g/mol. The van der Waals surface area contributed by atoms with Crippen molar-refractivity contribution in [3.8, 4) is 0 Å². The van der Waals surface area contributed by atoms with Gasteiger partial charge >= 0.3 is 264 Å². The second-order valence-corrected chi connectivity index (χ2v) is 22.0. The number of hydrogen-bond acceptors (Lipinski definition) is 8. The van der Waals surface area contributed by atoms with Crippen molar-refractivity contribution in [2.75, 3.05) is 25.0 Å². The van der Waals surface area contributed by atoms with E-state index in [1.807, 2.05) is 25.0 Å². The standard InChI is InChI=1S/4C8H7OS.Sn/c4*1-10-8-4-2-7(6-9)3-5-8;/h4*2-5H,1H3;. The molecule has 0 amide bonds. The van der Waals surface area contributed by atoms with Crippen molar-refractivity contribution in [1.29, 1.82) is 0 Å². The molecule has 0 N–H and O–H groups in total. The Bertz CT molecular complexity index is 1320. The quantitative estimate of drug-likeness (QED) is 0.108. The summed E-state index contributed by atoms with van der Waals surface area (Å²) in [6.07, 6.45) is 7.69. The molecule has 0 spiro atoms. The summed E-state index contributed by atoms with van der Waals surface area (Å²) in [5.74, 6) is 0. The number of rotatable bonds is 12. The molecule has 0 aromatic heterocycles. The van der Waals surface area contributed by atoms with Crippen LogP contribution < -0.4 is 0 Å². The van der Waals surface area contributed by atoms with Gasteiger partial charge in [0.2, 0.25) is 0 Å². The van der Waals surface area contributed by atoms with Gasteiger partial charge < -0.3 is 0 Å². The van der Waals surface area contributed by atoms with Gasteiger partial charge in [-0.3, -0.25) is 0 Å². The van der Waals surface area contributed by atoms with Crippen LogP contribution in [0.4, 0.5) is 0 Å². The van der Waals surface area contributed by atoms with Gasteiger partial charge in [0, 0.05) is 0 Å². The first-order chi connectivity index (χ1) is 19.8. The van der Waals surface area contributed by atoms with Gasteiger partial charge in [-0.05, 0) is 0 Å². The number of benzene rings is 4. The van der Waals surface area contributed by atoms with Crippen molar-refractivity contribution >= 4 is 80.6 Å². The molecule has 0 saturated heterocycles. The predicted molar refractivity (Wildman–Crippen MR) is 176 cm³/mol. The molecule has 4 aromatic rings. The van der Waals surface area contributed by atoms with Crippen molar-refractivity contribution in [3.63, 3.8) is 0 Å². The van der Waals surface area contributed by atoms with Crippen LogP contribution in [0.3, 0.4) is 0 Å². The van der Waals surface area contributed by atoms with Gasteiger partial charge in [-0.1, -0.05) is 0 Å². The van der Waals surface area contributed by atoms with E-state index in [0.717, 1.165) is 19.6 Å². The molecule has 0 atom stereocenters. The van der Waals surface area contributed by atoms with Crippen molar-refractivity contribution in [2.45, 2.75) is 19.6 Å². The van der Waals surface area contributed by atoms with Crippen molar-refractivity contribution in [1.82, 2.24) is 0 Å².